The fraction of sp³-hybridized carbons (Fsp3) is 0. The van der Waals surface area contributed by atoms with Crippen LogP contribution in [0.2, 0.25) is 0 Å². The molecule has 0 nitrogen and oxygen atoms in total. The van der Waals surface area contributed by atoms with Crippen LogP contribution in [-0.2, 0) is 0 Å². The van der Waals surface area contributed by atoms with Crippen LogP contribution in [0.4, 0.5) is 0 Å². The van der Waals surface area contributed by atoms with Gasteiger partial charge in [0.15, 0.2) is 0 Å². The third-order valence-electron chi connectivity index (χ3n) is 8.62. The molecule has 0 saturated carbocycles. The van der Waals surface area contributed by atoms with E-state index in [2.05, 4.69) is 146 Å². The van der Waals surface area contributed by atoms with Crippen LogP contribution in [-0.4, -0.2) is 0 Å². The fourth-order valence-corrected chi connectivity index (χ4v) is 7.97. The van der Waals surface area contributed by atoms with E-state index in [4.69, 9.17) is 0 Å². The Morgan fingerprint density at radius 3 is 1.51 bits per heavy atom. The van der Waals surface area contributed by atoms with E-state index in [1.165, 1.54) is 85.5 Å². The maximum absolute atomic E-state index is 2.42. The summed E-state index contributed by atoms with van der Waals surface area (Å²) in [6, 6.07) is 53.7. The second kappa shape index (κ2) is 8.76. The van der Waals surface area contributed by atoms with E-state index >= 15 is 0 Å². The Morgan fingerprint density at radius 1 is 0.317 bits per heavy atom. The van der Waals surface area contributed by atoms with Crippen LogP contribution in [0.25, 0.3) is 85.5 Å². The summed E-state index contributed by atoms with van der Waals surface area (Å²) in [5.74, 6) is 0. The van der Waals surface area contributed by atoms with Gasteiger partial charge in [0.25, 0.3) is 0 Å². The predicted octanol–water partition coefficient (Wildman–Crippen LogP) is 12.0. The van der Waals surface area contributed by atoms with Gasteiger partial charge in [-0.25, -0.2) is 0 Å². The van der Waals surface area contributed by atoms with Crippen molar-refractivity contribution in [3.8, 4) is 22.3 Å². The van der Waals surface area contributed by atoms with Gasteiger partial charge in [0.2, 0.25) is 0 Å². The number of rotatable bonds is 2. The lowest BCUT2D eigenvalue weighted by atomic mass is 9.85. The average molecular weight is 537 g/mol. The highest BCUT2D eigenvalue weighted by Gasteiger charge is 2.18. The van der Waals surface area contributed by atoms with Crippen molar-refractivity contribution in [2.24, 2.45) is 0 Å². The van der Waals surface area contributed by atoms with E-state index in [1.807, 2.05) is 11.3 Å². The summed E-state index contributed by atoms with van der Waals surface area (Å²) in [7, 11) is 0. The Bertz CT molecular complexity index is 2420. The first-order valence-corrected chi connectivity index (χ1v) is 14.9. The fourth-order valence-electron chi connectivity index (χ4n) is 6.76. The predicted molar refractivity (Wildman–Crippen MR) is 180 cm³/mol. The Morgan fingerprint density at radius 2 is 0.829 bits per heavy atom. The van der Waals surface area contributed by atoms with Crippen LogP contribution in [0.3, 0.4) is 0 Å². The lowest BCUT2D eigenvalue weighted by Gasteiger charge is -2.18. The van der Waals surface area contributed by atoms with Gasteiger partial charge >= 0.3 is 0 Å². The molecule has 0 aliphatic heterocycles. The van der Waals surface area contributed by atoms with Gasteiger partial charge in [-0.05, 0) is 83.5 Å². The lowest BCUT2D eigenvalue weighted by Crippen LogP contribution is -1.91. The average Bonchev–Trinajstić information content (AvgIpc) is 3.42. The molecule has 0 aliphatic rings. The molecule has 0 atom stereocenters. The van der Waals surface area contributed by atoms with Crippen molar-refractivity contribution in [3.63, 3.8) is 0 Å². The molecule has 41 heavy (non-hydrogen) atoms. The minimum absolute atomic E-state index is 1.26. The van der Waals surface area contributed by atoms with Crippen LogP contribution < -0.4 is 0 Å². The largest absolute Gasteiger partial charge is 0.135 e. The molecular formula is C40H24S. The molecular weight excluding hydrogens is 513 g/mol. The number of benzene rings is 8. The zero-order chi connectivity index (χ0) is 26.9. The molecule has 0 unspecified atom stereocenters. The highest BCUT2D eigenvalue weighted by Crippen LogP contribution is 2.46. The van der Waals surface area contributed by atoms with Gasteiger partial charge in [-0.15, -0.1) is 11.3 Å². The third-order valence-corrected chi connectivity index (χ3v) is 9.84. The van der Waals surface area contributed by atoms with Gasteiger partial charge in [0, 0.05) is 20.2 Å². The molecule has 190 valence electrons. The van der Waals surface area contributed by atoms with E-state index < -0.39 is 0 Å². The van der Waals surface area contributed by atoms with Gasteiger partial charge in [-0.1, -0.05) is 127 Å². The number of hydrogen-bond acceptors (Lipinski definition) is 1. The zero-order valence-corrected chi connectivity index (χ0v) is 23.1. The van der Waals surface area contributed by atoms with Crippen LogP contribution in [0.1, 0.15) is 0 Å². The summed E-state index contributed by atoms with van der Waals surface area (Å²) in [6.45, 7) is 0. The molecule has 1 heteroatoms. The minimum atomic E-state index is 1.26. The van der Waals surface area contributed by atoms with Crippen molar-refractivity contribution in [1.29, 1.82) is 0 Å². The highest BCUT2D eigenvalue weighted by atomic mass is 32.1. The number of hydrogen-bond donors (Lipinski definition) is 0. The van der Waals surface area contributed by atoms with E-state index in [9.17, 15) is 0 Å². The number of fused-ring (bicyclic) bond motifs is 8. The molecule has 1 heterocycles. The van der Waals surface area contributed by atoms with Crippen molar-refractivity contribution >= 4 is 74.6 Å². The summed E-state index contributed by atoms with van der Waals surface area (Å²) in [6.07, 6.45) is 0. The monoisotopic (exact) mass is 536 g/mol. The molecule has 9 rings (SSSR count). The number of thiophene rings is 1. The normalized spacial score (nSPS) is 11.9. The van der Waals surface area contributed by atoms with E-state index in [0.717, 1.165) is 0 Å². The van der Waals surface area contributed by atoms with Gasteiger partial charge in [0.1, 0.15) is 0 Å². The maximum Gasteiger partial charge on any atom is 0.0433 e. The zero-order valence-electron chi connectivity index (χ0n) is 22.3. The summed E-state index contributed by atoms with van der Waals surface area (Å²) in [5, 5.41) is 13.0. The summed E-state index contributed by atoms with van der Waals surface area (Å²) < 4.78 is 2.71. The topological polar surface area (TPSA) is 0 Å². The first kappa shape index (κ1) is 22.8. The molecule has 0 N–H and O–H groups in total. The van der Waals surface area contributed by atoms with Crippen LogP contribution in [0.15, 0.2) is 146 Å². The Labute approximate surface area is 241 Å². The molecule has 0 bridgehead atoms. The second-order valence-electron chi connectivity index (χ2n) is 10.9. The van der Waals surface area contributed by atoms with Gasteiger partial charge < -0.3 is 0 Å². The maximum atomic E-state index is 2.42. The van der Waals surface area contributed by atoms with E-state index in [0.29, 0.717) is 0 Å². The smallest absolute Gasteiger partial charge is 0.0433 e. The third kappa shape index (κ3) is 3.40. The highest BCUT2D eigenvalue weighted by molar-refractivity contribution is 7.26. The molecule has 0 fully saturated rings. The van der Waals surface area contributed by atoms with Crippen molar-refractivity contribution in [1.82, 2.24) is 0 Å². The second-order valence-corrected chi connectivity index (χ2v) is 11.9. The summed E-state index contributed by atoms with van der Waals surface area (Å²) in [4.78, 5) is 0. The molecule has 0 aliphatic carbocycles. The summed E-state index contributed by atoms with van der Waals surface area (Å²) >= 11 is 1.90. The molecule has 8 aromatic carbocycles. The first-order chi connectivity index (χ1) is 20.3. The molecule has 0 spiro atoms. The van der Waals surface area contributed by atoms with Crippen molar-refractivity contribution in [2.75, 3.05) is 0 Å². The Balaban J connectivity index is 1.36. The first-order valence-electron chi connectivity index (χ1n) is 14.1. The summed E-state index contributed by atoms with van der Waals surface area (Å²) in [5.41, 5.74) is 5.14. The standard InChI is InChI=1S/C40H24S/c1-2-11-27-23-28(18-17-25(27)9-1)38-31-13-5-7-15-33(31)39(34-16-8-6-14-32(34)38)29-20-22-37-36(24-29)35-21-19-26-10-3-4-12-30(26)40(35)41-37/h1-24H. The minimum Gasteiger partial charge on any atom is -0.135 e. The van der Waals surface area contributed by atoms with E-state index in [-0.39, 0.29) is 0 Å². The quantitative estimate of drug-likeness (QED) is 0.193. The SMILES string of the molecule is c1ccc2cc(-c3c4ccccc4c(-c4ccc5sc6c7ccccc7ccc6c5c4)c4ccccc34)ccc2c1. The van der Waals surface area contributed by atoms with Crippen LogP contribution in [0, 0.1) is 0 Å². The molecule has 9 aromatic rings. The molecule has 1 aromatic heterocycles. The van der Waals surface area contributed by atoms with Gasteiger partial charge in [0.05, 0.1) is 0 Å². The van der Waals surface area contributed by atoms with Crippen LogP contribution in [0.5, 0.6) is 0 Å². The molecule has 0 amide bonds. The van der Waals surface area contributed by atoms with Crippen molar-refractivity contribution in [2.45, 2.75) is 0 Å². The molecule has 0 radical (unpaired) electrons. The van der Waals surface area contributed by atoms with Gasteiger partial charge in [-0.2, -0.15) is 0 Å². The Kier molecular flexibility index (Phi) is 4.87. The van der Waals surface area contributed by atoms with Gasteiger partial charge in [-0.3, -0.25) is 0 Å². The van der Waals surface area contributed by atoms with E-state index in [1.54, 1.807) is 0 Å². The van der Waals surface area contributed by atoms with Crippen LogP contribution >= 0.6 is 11.3 Å². The van der Waals surface area contributed by atoms with Crippen molar-refractivity contribution < 1.29 is 0 Å². The van der Waals surface area contributed by atoms with Crippen molar-refractivity contribution in [3.05, 3.63) is 146 Å². The lowest BCUT2D eigenvalue weighted by molar-refractivity contribution is 1.69. The Hall–Kier alpha value is -4.98. The molecule has 0 saturated heterocycles.